The van der Waals surface area contributed by atoms with Gasteiger partial charge in [-0.3, -0.25) is 0 Å². The van der Waals surface area contributed by atoms with E-state index in [0.29, 0.717) is 5.31 Å². The van der Waals surface area contributed by atoms with Crippen LogP contribution in [0.3, 0.4) is 0 Å². The molecular formula is C7H17B. The fraction of sp³-hybridized carbons (Fsp3) is 1.00. The maximum absolute atomic E-state index is 2.29. The first-order chi connectivity index (χ1) is 3.56. The summed E-state index contributed by atoms with van der Waals surface area (Å²) in [6, 6.07) is 0. The van der Waals surface area contributed by atoms with Crippen molar-refractivity contribution in [3.63, 3.8) is 0 Å². The van der Waals surface area contributed by atoms with Gasteiger partial charge in [-0.25, -0.2) is 0 Å². The summed E-state index contributed by atoms with van der Waals surface area (Å²) in [6.45, 7) is 9.12. The largest absolute Gasteiger partial charge is 0.127 e. The van der Waals surface area contributed by atoms with Crippen LogP contribution in [0, 0.1) is 0 Å². The van der Waals surface area contributed by atoms with Crippen LogP contribution in [0.4, 0.5) is 0 Å². The van der Waals surface area contributed by atoms with Gasteiger partial charge in [-0.05, 0) is 0 Å². The third-order valence-corrected chi connectivity index (χ3v) is 1.28. The van der Waals surface area contributed by atoms with Gasteiger partial charge in [0.05, 0.1) is 0 Å². The molecule has 0 saturated heterocycles. The van der Waals surface area contributed by atoms with Crippen LogP contribution in [-0.2, 0) is 0 Å². The van der Waals surface area contributed by atoms with Crippen LogP contribution < -0.4 is 0 Å². The monoisotopic (exact) mass is 112 g/mol. The first-order valence-corrected chi connectivity index (χ1v) is 3.56. The quantitative estimate of drug-likeness (QED) is 0.481. The zero-order chi connectivity index (χ0) is 6.62. The van der Waals surface area contributed by atoms with E-state index in [4.69, 9.17) is 0 Å². The fourth-order valence-electron chi connectivity index (χ4n) is 0.707. The minimum atomic E-state index is 0.552. The molecule has 0 aliphatic carbocycles. The minimum Gasteiger partial charge on any atom is -0.0772 e. The SMILES string of the molecule is CCCBC(C)(C)C. The lowest BCUT2D eigenvalue weighted by Crippen LogP contribution is -2.06. The highest BCUT2D eigenvalue weighted by Crippen LogP contribution is 2.21. The third-order valence-electron chi connectivity index (χ3n) is 1.28. The van der Waals surface area contributed by atoms with Crippen molar-refractivity contribution in [1.29, 1.82) is 0 Å². The first-order valence-electron chi connectivity index (χ1n) is 3.56. The standard InChI is InChI=1S/C7H17B/c1-5-6-8-7(2,3)4/h8H,5-6H2,1-4H3. The predicted molar refractivity (Wildman–Crippen MR) is 42.0 cm³/mol. The Bertz CT molecular complexity index is 51.9. The summed E-state index contributed by atoms with van der Waals surface area (Å²) in [5.41, 5.74) is 0. The zero-order valence-corrected chi connectivity index (χ0v) is 6.62. The highest BCUT2D eigenvalue weighted by molar-refractivity contribution is 6.39. The molecule has 0 atom stereocenters. The second kappa shape index (κ2) is 3.16. The molecule has 0 saturated carbocycles. The van der Waals surface area contributed by atoms with Crippen LogP contribution in [0.1, 0.15) is 34.1 Å². The average molecular weight is 112 g/mol. The Balaban J connectivity index is 3.11. The lowest BCUT2D eigenvalue weighted by atomic mass is 9.53. The van der Waals surface area contributed by atoms with Gasteiger partial charge < -0.3 is 0 Å². The molecule has 8 heavy (non-hydrogen) atoms. The summed E-state index contributed by atoms with van der Waals surface area (Å²) in [7, 11) is 1.36. The van der Waals surface area contributed by atoms with Gasteiger partial charge in [0.2, 0.25) is 0 Å². The molecular weight excluding hydrogens is 94.9 g/mol. The molecule has 0 amide bonds. The Morgan fingerprint density at radius 3 is 1.88 bits per heavy atom. The van der Waals surface area contributed by atoms with Crippen molar-refractivity contribution in [2.45, 2.75) is 45.8 Å². The summed E-state index contributed by atoms with van der Waals surface area (Å²) >= 11 is 0. The molecule has 1 heteroatoms. The van der Waals surface area contributed by atoms with E-state index in [9.17, 15) is 0 Å². The van der Waals surface area contributed by atoms with Crippen molar-refractivity contribution < 1.29 is 0 Å². The summed E-state index contributed by atoms with van der Waals surface area (Å²) in [4.78, 5) is 0. The molecule has 0 aromatic rings. The second-order valence-electron chi connectivity index (χ2n) is 3.66. The zero-order valence-electron chi connectivity index (χ0n) is 6.62. The van der Waals surface area contributed by atoms with Crippen LogP contribution in [0.15, 0.2) is 0 Å². The van der Waals surface area contributed by atoms with Crippen molar-refractivity contribution in [2.75, 3.05) is 0 Å². The lowest BCUT2D eigenvalue weighted by molar-refractivity contribution is 0.745. The molecule has 0 heterocycles. The molecule has 0 aliphatic heterocycles. The summed E-state index contributed by atoms with van der Waals surface area (Å²) in [5.74, 6) is 0. The topological polar surface area (TPSA) is 0 Å². The minimum absolute atomic E-state index is 0.552. The van der Waals surface area contributed by atoms with Gasteiger partial charge in [0.1, 0.15) is 7.28 Å². The Morgan fingerprint density at radius 1 is 1.25 bits per heavy atom. The maximum Gasteiger partial charge on any atom is 0.127 e. The molecule has 0 rings (SSSR count). The third kappa shape index (κ3) is 6.06. The predicted octanol–water partition coefficient (Wildman–Crippen LogP) is 2.47. The van der Waals surface area contributed by atoms with Gasteiger partial charge in [-0.15, -0.1) is 0 Å². The van der Waals surface area contributed by atoms with Gasteiger partial charge in [0, 0.05) is 0 Å². The molecule has 0 unspecified atom stereocenters. The van der Waals surface area contributed by atoms with Crippen molar-refractivity contribution >= 4 is 7.28 Å². The average Bonchev–Trinajstić information content (AvgIpc) is 1.59. The molecule has 0 N–H and O–H groups in total. The molecule has 0 spiro atoms. The Kier molecular flexibility index (Phi) is 3.19. The van der Waals surface area contributed by atoms with Gasteiger partial charge >= 0.3 is 0 Å². The van der Waals surface area contributed by atoms with E-state index < -0.39 is 0 Å². The van der Waals surface area contributed by atoms with Crippen molar-refractivity contribution in [3.8, 4) is 0 Å². The van der Waals surface area contributed by atoms with E-state index in [-0.39, 0.29) is 0 Å². The van der Waals surface area contributed by atoms with Crippen molar-refractivity contribution in [1.82, 2.24) is 0 Å². The Hall–Kier alpha value is 0.0649. The van der Waals surface area contributed by atoms with Gasteiger partial charge in [0.25, 0.3) is 0 Å². The molecule has 0 radical (unpaired) electrons. The molecule has 48 valence electrons. The van der Waals surface area contributed by atoms with Crippen molar-refractivity contribution in [3.05, 3.63) is 0 Å². The van der Waals surface area contributed by atoms with Gasteiger partial charge in [0.15, 0.2) is 0 Å². The summed E-state index contributed by atoms with van der Waals surface area (Å²) in [6.07, 6.45) is 2.71. The molecule has 0 aliphatic rings. The smallest absolute Gasteiger partial charge is 0.0772 e. The van der Waals surface area contributed by atoms with Crippen LogP contribution in [0.25, 0.3) is 0 Å². The van der Waals surface area contributed by atoms with E-state index in [2.05, 4.69) is 27.7 Å². The van der Waals surface area contributed by atoms with Crippen LogP contribution in [-0.4, -0.2) is 7.28 Å². The van der Waals surface area contributed by atoms with Crippen LogP contribution in [0.2, 0.25) is 11.6 Å². The van der Waals surface area contributed by atoms with E-state index in [0.717, 1.165) is 0 Å². The van der Waals surface area contributed by atoms with E-state index in [1.54, 1.807) is 0 Å². The fourth-order valence-corrected chi connectivity index (χ4v) is 0.707. The maximum atomic E-state index is 2.29. The molecule has 0 aromatic heterocycles. The molecule has 0 nitrogen and oxygen atoms in total. The summed E-state index contributed by atoms with van der Waals surface area (Å²) in [5, 5.41) is 0.552. The molecule has 0 bridgehead atoms. The summed E-state index contributed by atoms with van der Waals surface area (Å²) < 4.78 is 0. The van der Waals surface area contributed by atoms with E-state index in [1.807, 2.05) is 0 Å². The highest BCUT2D eigenvalue weighted by Gasteiger charge is 2.09. The second-order valence-corrected chi connectivity index (χ2v) is 3.66. The number of hydrogen-bond acceptors (Lipinski definition) is 0. The van der Waals surface area contributed by atoms with Crippen molar-refractivity contribution in [2.24, 2.45) is 0 Å². The molecule has 0 fully saturated rings. The normalized spacial score (nSPS) is 11.5. The molecule has 0 aromatic carbocycles. The van der Waals surface area contributed by atoms with E-state index >= 15 is 0 Å². The lowest BCUT2D eigenvalue weighted by Gasteiger charge is -2.14. The van der Waals surface area contributed by atoms with Gasteiger partial charge in [-0.1, -0.05) is 45.8 Å². The van der Waals surface area contributed by atoms with Crippen LogP contribution in [0.5, 0.6) is 0 Å². The highest BCUT2D eigenvalue weighted by atomic mass is 14.0. The van der Waals surface area contributed by atoms with E-state index in [1.165, 1.54) is 20.0 Å². The van der Waals surface area contributed by atoms with Crippen LogP contribution >= 0.6 is 0 Å². The Labute approximate surface area is 53.9 Å². The van der Waals surface area contributed by atoms with Gasteiger partial charge in [-0.2, -0.15) is 0 Å². The Morgan fingerprint density at radius 2 is 1.75 bits per heavy atom. The number of rotatable bonds is 2. The number of hydrogen-bond donors (Lipinski definition) is 0. The first kappa shape index (κ1) is 8.06.